The number of hydrogen-bond donors (Lipinski definition) is 2. The highest BCUT2D eigenvalue weighted by Crippen LogP contribution is 2.33. The Morgan fingerprint density at radius 2 is 2.04 bits per heavy atom. The third kappa shape index (κ3) is 4.14. The van der Waals surface area contributed by atoms with E-state index < -0.39 is 28.0 Å². The van der Waals surface area contributed by atoms with Crippen LogP contribution in [-0.2, 0) is 11.1 Å². The average molecular weight is 414 g/mol. The molecule has 0 spiro atoms. The van der Waals surface area contributed by atoms with Crippen LogP contribution in [0.4, 0.5) is 0 Å². The molecule has 128 valence electrons. The van der Waals surface area contributed by atoms with Crippen LogP contribution in [0.25, 0.3) is 0 Å². The van der Waals surface area contributed by atoms with Gasteiger partial charge in [0.25, 0.3) is 0 Å². The first-order valence-corrected chi connectivity index (χ1v) is 8.76. The molecule has 0 saturated heterocycles. The third-order valence-electron chi connectivity index (χ3n) is 3.44. The second kappa shape index (κ2) is 7.78. The van der Waals surface area contributed by atoms with Crippen LogP contribution in [0.15, 0.2) is 40.9 Å². The predicted octanol–water partition coefficient (Wildman–Crippen LogP) is 3.16. The van der Waals surface area contributed by atoms with Crippen molar-refractivity contribution in [3.63, 3.8) is 0 Å². The number of aromatic carboxylic acids is 1. The maximum atomic E-state index is 11.5. The van der Waals surface area contributed by atoms with Crippen molar-refractivity contribution in [2.75, 3.05) is 6.61 Å². The topological polar surface area (TPSA) is 107 Å². The Morgan fingerprint density at radius 3 is 2.62 bits per heavy atom. The standard InChI is InChI=1S/C16H15BrO6S/c1-9-4-2-3-5-10(9)15(24(21)22)8-23-14-7-13(18)11(16(19)20)6-12(14)17/h2-7,15,18H,8H2,1H3,(H,19,20)(H,21,22)/p-1. The molecule has 0 bridgehead atoms. The summed E-state index contributed by atoms with van der Waals surface area (Å²) in [6.45, 7) is 1.63. The lowest BCUT2D eigenvalue weighted by Gasteiger charge is -2.22. The normalized spacial score (nSPS) is 13.3. The second-order valence-electron chi connectivity index (χ2n) is 5.02. The SMILES string of the molecule is Cc1ccccc1C(COc1cc(O)c(C(=O)O)cc1Br)S(=O)[O-]. The molecule has 0 fully saturated rings. The number of aromatic hydroxyl groups is 1. The van der Waals surface area contributed by atoms with Gasteiger partial charge in [-0.25, -0.2) is 4.79 Å². The summed E-state index contributed by atoms with van der Waals surface area (Å²) in [6.07, 6.45) is 0. The zero-order valence-electron chi connectivity index (χ0n) is 12.6. The van der Waals surface area contributed by atoms with Gasteiger partial charge in [-0.3, -0.25) is 4.21 Å². The molecule has 2 N–H and O–H groups in total. The molecule has 0 aliphatic rings. The Hall–Kier alpha value is -1.90. The molecular formula is C16H14BrO6S-. The molecule has 0 radical (unpaired) electrons. The number of benzene rings is 2. The molecular weight excluding hydrogens is 400 g/mol. The quantitative estimate of drug-likeness (QED) is 0.704. The predicted molar refractivity (Wildman–Crippen MR) is 91.1 cm³/mol. The zero-order chi connectivity index (χ0) is 17.9. The first-order valence-electron chi connectivity index (χ1n) is 6.83. The number of carbonyl (C=O) groups is 1. The number of carboxylic acid groups (broad SMARTS) is 1. The van der Waals surface area contributed by atoms with Crippen molar-refractivity contribution >= 4 is 33.0 Å². The monoisotopic (exact) mass is 413 g/mol. The highest BCUT2D eigenvalue weighted by molar-refractivity contribution is 9.10. The van der Waals surface area contributed by atoms with Gasteiger partial charge < -0.3 is 19.5 Å². The Balaban J connectivity index is 2.25. The van der Waals surface area contributed by atoms with Gasteiger partial charge in [0, 0.05) is 6.07 Å². The molecule has 8 heteroatoms. The van der Waals surface area contributed by atoms with Crippen molar-refractivity contribution < 1.29 is 28.5 Å². The lowest BCUT2D eigenvalue weighted by molar-refractivity contribution is 0.0693. The molecule has 2 aromatic carbocycles. The minimum atomic E-state index is -2.41. The van der Waals surface area contributed by atoms with Crippen LogP contribution in [0.5, 0.6) is 11.5 Å². The Kier molecular flexibility index (Phi) is 5.98. The fourth-order valence-corrected chi connectivity index (χ4v) is 3.30. The van der Waals surface area contributed by atoms with Crippen LogP contribution in [0.1, 0.15) is 26.7 Å². The average Bonchev–Trinajstić information content (AvgIpc) is 2.51. The number of carboxylic acids is 1. The highest BCUT2D eigenvalue weighted by atomic mass is 79.9. The van der Waals surface area contributed by atoms with E-state index in [0.717, 1.165) is 11.6 Å². The summed E-state index contributed by atoms with van der Waals surface area (Å²) >= 11 is 0.745. The Labute approximate surface area is 149 Å². The lowest BCUT2D eigenvalue weighted by Crippen LogP contribution is -2.16. The van der Waals surface area contributed by atoms with E-state index in [9.17, 15) is 18.7 Å². The number of aryl methyl sites for hydroxylation is 1. The van der Waals surface area contributed by atoms with E-state index in [2.05, 4.69) is 15.9 Å². The van der Waals surface area contributed by atoms with Gasteiger partial charge in [-0.2, -0.15) is 0 Å². The van der Waals surface area contributed by atoms with Gasteiger partial charge in [-0.1, -0.05) is 24.3 Å². The molecule has 2 atom stereocenters. The van der Waals surface area contributed by atoms with E-state index in [1.165, 1.54) is 6.07 Å². The van der Waals surface area contributed by atoms with Gasteiger partial charge in [0.05, 0.1) is 9.72 Å². The van der Waals surface area contributed by atoms with Gasteiger partial charge in [-0.15, -0.1) is 0 Å². The second-order valence-corrected chi connectivity index (χ2v) is 6.97. The summed E-state index contributed by atoms with van der Waals surface area (Å²) in [5.41, 5.74) is 1.16. The van der Waals surface area contributed by atoms with Crippen molar-refractivity contribution in [2.24, 2.45) is 0 Å². The van der Waals surface area contributed by atoms with Crippen molar-refractivity contribution in [1.82, 2.24) is 0 Å². The summed E-state index contributed by atoms with van der Waals surface area (Å²) in [7, 11) is 0. The van der Waals surface area contributed by atoms with Gasteiger partial charge in [0.15, 0.2) is 0 Å². The molecule has 0 amide bonds. The summed E-state index contributed by atoms with van der Waals surface area (Å²) in [4.78, 5) is 11.0. The zero-order valence-corrected chi connectivity index (χ0v) is 15.0. The number of halogens is 1. The lowest BCUT2D eigenvalue weighted by atomic mass is 10.1. The van der Waals surface area contributed by atoms with Crippen molar-refractivity contribution in [3.05, 3.63) is 57.6 Å². The Bertz CT molecular complexity index is 792. The molecule has 0 heterocycles. The largest absolute Gasteiger partial charge is 0.772 e. The van der Waals surface area contributed by atoms with Crippen molar-refractivity contribution in [2.45, 2.75) is 12.2 Å². The molecule has 6 nitrogen and oxygen atoms in total. The number of ether oxygens (including phenoxy) is 1. The fourth-order valence-electron chi connectivity index (χ4n) is 2.19. The molecule has 0 aliphatic carbocycles. The molecule has 2 aromatic rings. The van der Waals surface area contributed by atoms with E-state index in [1.807, 2.05) is 6.07 Å². The summed E-state index contributed by atoms with van der Waals surface area (Å²) in [5, 5.41) is 17.8. The van der Waals surface area contributed by atoms with Gasteiger partial charge in [-0.05, 0) is 51.1 Å². The molecule has 0 aromatic heterocycles. The summed E-state index contributed by atoms with van der Waals surface area (Å²) in [6, 6.07) is 9.40. The van der Waals surface area contributed by atoms with E-state index in [1.54, 1.807) is 25.1 Å². The first-order chi connectivity index (χ1) is 11.3. The van der Waals surface area contributed by atoms with Crippen LogP contribution in [0.2, 0.25) is 0 Å². The highest BCUT2D eigenvalue weighted by Gasteiger charge is 2.18. The van der Waals surface area contributed by atoms with Crippen LogP contribution in [0.3, 0.4) is 0 Å². The maximum absolute atomic E-state index is 11.5. The number of phenols is 1. The van der Waals surface area contributed by atoms with E-state index >= 15 is 0 Å². The molecule has 2 rings (SSSR count). The van der Waals surface area contributed by atoms with E-state index in [4.69, 9.17) is 9.84 Å². The van der Waals surface area contributed by atoms with Gasteiger partial charge >= 0.3 is 5.97 Å². The van der Waals surface area contributed by atoms with Crippen molar-refractivity contribution in [1.29, 1.82) is 0 Å². The first kappa shape index (κ1) is 18.4. The van der Waals surface area contributed by atoms with Gasteiger partial charge in [0.2, 0.25) is 0 Å². The smallest absolute Gasteiger partial charge is 0.339 e. The summed E-state index contributed by atoms with van der Waals surface area (Å²) < 4.78 is 28.9. The third-order valence-corrected chi connectivity index (χ3v) is 4.91. The molecule has 0 saturated carbocycles. The molecule has 0 aliphatic heterocycles. The number of hydrogen-bond acceptors (Lipinski definition) is 5. The van der Waals surface area contributed by atoms with Gasteiger partial charge in [0.1, 0.15) is 23.7 Å². The van der Waals surface area contributed by atoms with Crippen LogP contribution in [0, 0.1) is 6.92 Å². The molecule has 2 unspecified atom stereocenters. The van der Waals surface area contributed by atoms with Crippen LogP contribution < -0.4 is 4.74 Å². The van der Waals surface area contributed by atoms with Crippen molar-refractivity contribution in [3.8, 4) is 11.5 Å². The van der Waals surface area contributed by atoms with Crippen LogP contribution >= 0.6 is 15.9 Å². The summed E-state index contributed by atoms with van der Waals surface area (Å²) in [5.74, 6) is -1.59. The van der Waals surface area contributed by atoms with Crippen LogP contribution in [-0.4, -0.2) is 31.6 Å². The van der Waals surface area contributed by atoms with E-state index in [-0.39, 0.29) is 17.9 Å². The Morgan fingerprint density at radius 1 is 1.38 bits per heavy atom. The fraction of sp³-hybridized carbons (Fsp3) is 0.188. The van der Waals surface area contributed by atoms with E-state index in [0.29, 0.717) is 10.0 Å². The molecule has 24 heavy (non-hydrogen) atoms. The maximum Gasteiger partial charge on any atom is 0.339 e. The number of rotatable bonds is 6. The minimum Gasteiger partial charge on any atom is -0.772 e. The minimum absolute atomic E-state index is 0.154.